The Bertz CT molecular complexity index is 281. The Morgan fingerprint density at radius 2 is 2.21 bits per heavy atom. The number of hydrogen-bond acceptors (Lipinski definition) is 4. The molecule has 0 spiro atoms. The van der Waals surface area contributed by atoms with Gasteiger partial charge in [-0.2, -0.15) is 11.8 Å². The minimum atomic E-state index is 0.578. The van der Waals surface area contributed by atoms with Crippen LogP contribution in [0.15, 0.2) is 16.7 Å². The van der Waals surface area contributed by atoms with Crippen molar-refractivity contribution in [2.24, 2.45) is 5.73 Å². The molecule has 1 aromatic heterocycles. The summed E-state index contributed by atoms with van der Waals surface area (Å²) in [5, 5.41) is 0. The first-order valence-corrected chi connectivity index (χ1v) is 6.11. The van der Waals surface area contributed by atoms with Gasteiger partial charge in [-0.25, -0.2) is 0 Å². The van der Waals surface area contributed by atoms with Crippen molar-refractivity contribution in [3.63, 3.8) is 0 Å². The van der Waals surface area contributed by atoms with Gasteiger partial charge < -0.3 is 10.2 Å². The second-order valence-electron chi connectivity index (χ2n) is 3.46. The highest BCUT2D eigenvalue weighted by Crippen LogP contribution is 2.16. The van der Waals surface area contributed by atoms with E-state index in [-0.39, 0.29) is 0 Å². The van der Waals surface area contributed by atoms with Crippen LogP contribution in [0.25, 0.3) is 0 Å². The van der Waals surface area contributed by atoms with Gasteiger partial charge in [0.05, 0.1) is 12.8 Å². The Kier molecular flexibility index (Phi) is 3.50. The molecule has 0 aliphatic carbocycles. The summed E-state index contributed by atoms with van der Waals surface area (Å²) in [6.45, 7) is 3.82. The van der Waals surface area contributed by atoms with E-state index in [4.69, 9.17) is 10.2 Å². The van der Waals surface area contributed by atoms with E-state index in [2.05, 4.69) is 4.90 Å². The summed E-state index contributed by atoms with van der Waals surface area (Å²) in [7, 11) is 0. The van der Waals surface area contributed by atoms with Crippen molar-refractivity contribution in [3.05, 3.63) is 23.7 Å². The molecule has 2 N–H and O–H groups in total. The SMILES string of the molecule is NCc1ccoc1CN1CCSCC1. The third-order valence-corrected chi connectivity index (χ3v) is 3.47. The highest BCUT2D eigenvalue weighted by Gasteiger charge is 2.13. The number of thioether (sulfide) groups is 1. The topological polar surface area (TPSA) is 42.4 Å². The predicted octanol–water partition coefficient (Wildman–Crippen LogP) is 1.29. The van der Waals surface area contributed by atoms with Gasteiger partial charge in [-0.15, -0.1) is 0 Å². The van der Waals surface area contributed by atoms with Crippen LogP contribution in [0.5, 0.6) is 0 Å². The summed E-state index contributed by atoms with van der Waals surface area (Å²) in [6, 6.07) is 1.97. The van der Waals surface area contributed by atoms with E-state index >= 15 is 0 Å². The first-order valence-electron chi connectivity index (χ1n) is 4.95. The van der Waals surface area contributed by atoms with E-state index in [1.54, 1.807) is 6.26 Å². The Morgan fingerprint density at radius 3 is 2.93 bits per heavy atom. The Labute approximate surface area is 88.6 Å². The van der Waals surface area contributed by atoms with Gasteiger partial charge in [-0.1, -0.05) is 0 Å². The zero-order valence-electron chi connectivity index (χ0n) is 8.24. The Hall–Kier alpha value is -0.450. The third-order valence-electron chi connectivity index (χ3n) is 2.53. The van der Waals surface area contributed by atoms with E-state index in [0.29, 0.717) is 6.54 Å². The lowest BCUT2D eigenvalue weighted by Gasteiger charge is -2.25. The fourth-order valence-corrected chi connectivity index (χ4v) is 2.63. The average molecular weight is 212 g/mol. The molecule has 0 atom stereocenters. The van der Waals surface area contributed by atoms with E-state index in [0.717, 1.165) is 31.0 Å². The third kappa shape index (κ3) is 2.32. The first kappa shape index (κ1) is 10.1. The molecular weight excluding hydrogens is 196 g/mol. The van der Waals surface area contributed by atoms with Crippen LogP contribution in [0.3, 0.4) is 0 Å². The zero-order valence-corrected chi connectivity index (χ0v) is 9.05. The summed E-state index contributed by atoms with van der Waals surface area (Å²) < 4.78 is 5.43. The molecule has 1 saturated heterocycles. The molecule has 78 valence electrons. The van der Waals surface area contributed by atoms with E-state index in [1.165, 1.54) is 11.5 Å². The van der Waals surface area contributed by atoms with Crippen molar-refractivity contribution in [2.45, 2.75) is 13.1 Å². The lowest BCUT2D eigenvalue weighted by atomic mass is 10.2. The predicted molar refractivity (Wildman–Crippen MR) is 59.2 cm³/mol. The van der Waals surface area contributed by atoms with Gasteiger partial charge in [-0.05, 0) is 6.07 Å². The van der Waals surface area contributed by atoms with Gasteiger partial charge in [0.25, 0.3) is 0 Å². The highest BCUT2D eigenvalue weighted by atomic mass is 32.2. The second kappa shape index (κ2) is 4.87. The van der Waals surface area contributed by atoms with Crippen molar-refractivity contribution in [1.82, 2.24) is 4.90 Å². The highest BCUT2D eigenvalue weighted by molar-refractivity contribution is 7.99. The summed E-state index contributed by atoms with van der Waals surface area (Å²) >= 11 is 2.02. The maximum absolute atomic E-state index is 5.62. The van der Waals surface area contributed by atoms with Gasteiger partial charge in [0, 0.05) is 36.7 Å². The van der Waals surface area contributed by atoms with Gasteiger partial charge in [0.1, 0.15) is 5.76 Å². The number of rotatable bonds is 3. The van der Waals surface area contributed by atoms with Gasteiger partial charge >= 0.3 is 0 Å². The monoisotopic (exact) mass is 212 g/mol. The summed E-state index contributed by atoms with van der Waals surface area (Å²) in [5.74, 6) is 3.51. The summed E-state index contributed by atoms with van der Waals surface area (Å²) in [5.41, 5.74) is 6.76. The van der Waals surface area contributed by atoms with Gasteiger partial charge in [0.2, 0.25) is 0 Å². The minimum absolute atomic E-state index is 0.578. The molecule has 0 bridgehead atoms. The molecule has 4 heteroatoms. The molecule has 0 aromatic carbocycles. The Morgan fingerprint density at radius 1 is 1.43 bits per heavy atom. The minimum Gasteiger partial charge on any atom is -0.468 e. The van der Waals surface area contributed by atoms with Crippen LogP contribution in [0.2, 0.25) is 0 Å². The largest absolute Gasteiger partial charge is 0.468 e. The second-order valence-corrected chi connectivity index (χ2v) is 4.69. The maximum Gasteiger partial charge on any atom is 0.122 e. The molecule has 14 heavy (non-hydrogen) atoms. The lowest BCUT2D eigenvalue weighted by Crippen LogP contribution is -2.32. The molecule has 1 aliphatic rings. The van der Waals surface area contributed by atoms with E-state index < -0.39 is 0 Å². The molecule has 1 fully saturated rings. The molecule has 2 rings (SSSR count). The molecule has 3 nitrogen and oxygen atoms in total. The van der Waals surface area contributed by atoms with Crippen LogP contribution in [-0.4, -0.2) is 29.5 Å². The fourth-order valence-electron chi connectivity index (χ4n) is 1.65. The molecular formula is C10H16N2OS. The molecule has 1 aromatic rings. The van der Waals surface area contributed by atoms with Crippen molar-refractivity contribution in [1.29, 1.82) is 0 Å². The molecule has 0 saturated carbocycles. The molecule has 1 aliphatic heterocycles. The quantitative estimate of drug-likeness (QED) is 0.820. The molecule has 0 amide bonds. The maximum atomic E-state index is 5.62. The lowest BCUT2D eigenvalue weighted by molar-refractivity contribution is 0.266. The number of hydrogen-bond donors (Lipinski definition) is 1. The molecule has 2 heterocycles. The van der Waals surface area contributed by atoms with Crippen LogP contribution in [-0.2, 0) is 13.1 Å². The summed E-state index contributed by atoms with van der Waals surface area (Å²) in [6.07, 6.45) is 1.73. The molecule has 0 radical (unpaired) electrons. The van der Waals surface area contributed by atoms with Crippen LogP contribution in [0.1, 0.15) is 11.3 Å². The average Bonchev–Trinajstić information content (AvgIpc) is 2.67. The van der Waals surface area contributed by atoms with E-state index in [9.17, 15) is 0 Å². The Balaban J connectivity index is 1.95. The van der Waals surface area contributed by atoms with Crippen molar-refractivity contribution in [2.75, 3.05) is 24.6 Å². The number of nitrogens with two attached hydrogens (primary N) is 1. The van der Waals surface area contributed by atoms with Crippen molar-refractivity contribution in [3.8, 4) is 0 Å². The fraction of sp³-hybridized carbons (Fsp3) is 0.600. The van der Waals surface area contributed by atoms with Crippen LogP contribution >= 0.6 is 11.8 Å². The van der Waals surface area contributed by atoms with Crippen molar-refractivity contribution >= 4 is 11.8 Å². The smallest absolute Gasteiger partial charge is 0.122 e. The van der Waals surface area contributed by atoms with Crippen molar-refractivity contribution < 1.29 is 4.42 Å². The number of nitrogens with zero attached hydrogens (tertiary/aromatic N) is 1. The summed E-state index contributed by atoms with van der Waals surface area (Å²) in [4.78, 5) is 2.43. The molecule has 0 unspecified atom stereocenters. The van der Waals surface area contributed by atoms with Gasteiger partial charge in [0.15, 0.2) is 0 Å². The van der Waals surface area contributed by atoms with Crippen LogP contribution in [0.4, 0.5) is 0 Å². The zero-order chi connectivity index (χ0) is 9.80. The van der Waals surface area contributed by atoms with Crippen LogP contribution in [0, 0.1) is 0 Å². The normalized spacial score (nSPS) is 18.6. The van der Waals surface area contributed by atoms with Gasteiger partial charge in [-0.3, -0.25) is 4.90 Å². The van der Waals surface area contributed by atoms with E-state index in [1.807, 2.05) is 17.8 Å². The number of furan rings is 1. The standard InChI is InChI=1S/C10H16N2OS/c11-7-9-1-4-13-10(9)8-12-2-5-14-6-3-12/h1,4H,2-3,5-8,11H2. The first-order chi connectivity index (χ1) is 6.90. The van der Waals surface area contributed by atoms with Crippen LogP contribution < -0.4 is 5.73 Å².